The predicted octanol–water partition coefficient (Wildman–Crippen LogP) is 2.10. The van der Waals surface area contributed by atoms with Gasteiger partial charge in [-0.3, -0.25) is 4.79 Å². The normalized spacial score (nSPS) is 18.6. The Labute approximate surface area is 119 Å². The summed E-state index contributed by atoms with van der Waals surface area (Å²) in [4.78, 5) is 13.0. The van der Waals surface area contributed by atoms with E-state index in [2.05, 4.69) is 0 Å². The van der Waals surface area contributed by atoms with Crippen molar-refractivity contribution in [1.29, 1.82) is 0 Å². The molecule has 0 saturated carbocycles. The Hall–Kier alpha value is -1.75. The summed E-state index contributed by atoms with van der Waals surface area (Å²) < 4.78 is 11.2. The first kappa shape index (κ1) is 14.7. The molecule has 0 saturated heterocycles. The first-order valence-corrected chi connectivity index (χ1v) is 6.68. The van der Waals surface area contributed by atoms with Crippen LogP contribution >= 0.6 is 0 Å². The zero-order chi connectivity index (χ0) is 14.9. The van der Waals surface area contributed by atoms with Crippen molar-refractivity contribution in [2.24, 2.45) is 0 Å². The molecule has 2 rings (SSSR count). The summed E-state index contributed by atoms with van der Waals surface area (Å²) in [5, 5.41) is 9.09. The number of methoxy groups -OCH3 is 1. The van der Waals surface area contributed by atoms with Crippen molar-refractivity contribution in [2.45, 2.75) is 31.9 Å². The van der Waals surface area contributed by atoms with Crippen LogP contribution in [0.3, 0.4) is 0 Å². The van der Waals surface area contributed by atoms with Gasteiger partial charge in [0.2, 0.25) is 0 Å². The molecule has 0 radical (unpaired) electrons. The van der Waals surface area contributed by atoms with Crippen molar-refractivity contribution in [3.05, 3.63) is 23.3 Å². The van der Waals surface area contributed by atoms with Gasteiger partial charge in [0.1, 0.15) is 17.6 Å². The van der Waals surface area contributed by atoms with Crippen molar-refractivity contribution >= 4 is 5.97 Å². The van der Waals surface area contributed by atoms with Gasteiger partial charge in [-0.05, 0) is 33.2 Å². The number of nitrogens with zero attached hydrogens (tertiary/aromatic N) is 1. The number of ether oxygens (including phenoxy) is 2. The van der Waals surface area contributed by atoms with E-state index in [0.717, 1.165) is 29.0 Å². The smallest absolute Gasteiger partial charge is 0.305 e. The Bertz CT molecular complexity index is 513. The Morgan fingerprint density at radius 1 is 1.55 bits per heavy atom. The van der Waals surface area contributed by atoms with Crippen LogP contribution in [0.1, 0.15) is 30.5 Å². The number of hydrogen-bond acceptors (Lipinski definition) is 4. The summed E-state index contributed by atoms with van der Waals surface area (Å²) in [6.07, 6.45) is 1.04. The molecular weight excluding hydrogens is 258 g/mol. The third-order valence-electron chi connectivity index (χ3n) is 3.60. The van der Waals surface area contributed by atoms with Crippen LogP contribution in [0.15, 0.2) is 12.1 Å². The highest BCUT2D eigenvalue weighted by molar-refractivity contribution is 5.68. The molecule has 1 N–H and O–H groups in total. The van der Waals surface area contributed by atoms with Crippen molar-refractivity contribution in [2.75, 3.05) is 21.2 Å². The summed E-state index contributed by atoms with van der Waals surface area (Å²) >= 11 is 0. The second-order valence-corrected chi connectivity index (χ2v) is 5.41. The molecule has 2 atom stereocenters. The number of aliphatic carboxylic acids is 1. The van der Waals surface area contributed by atoms with Crippen molar-refractivity contribution < 1.29 is 19.4 Å². The average Bonchev–Trinajstić information content (AvgIpc) is 2.72. The van der Waals surface area contributed by atoms with Crippen LogP contribution in [-0.2, 0) is 11.2 Å². The lowest BCUT2D eigenvalue weighted by atomic mass is 9.98. The van der Waals surface area contributed by atoms with Gasteiger partial charge in [0, 0.05) is 23.6 Å². The molecule has 0 spiro atoms. The third kappa shape index (κ3) is 2.88. The number of carbonyl (C=O) groups is 1. The lowest BCUT2D eigenvalue weighted by molar-refractivity contribution is -0.138. The highest BCUT2D eigenvalue weighted by atomic mass is 16.5. The van der Waals surface area contributed by atoms with Crippen molar-refractivity contribution in [3.63, 3.8) is 0 Å². The minimum atomic E-state index is -0.833. The molecule has 0 aliphatic carbocycles. The van der Waals surface area contributed by atoms with E-state index in [0.29, 0.717) is 0 Å². The molecule has 1 aromatic carbocycles. The molecule has 2 unspecified atom stereocenters. The van der Waals surface area contributed by atoms with Crippen LogP contribution in [0.4, 0.5) is 0 Å². The van der Waals surface area contributed by atoms with Gasteiger partial charge < -0.3 is 19.5 Å². The second-order valence-electron chi connectivity index (χ2n) is 5.41. The molecule has 0 fully saturated rings. The minimum absolute atomic E-state index is 0.0255. The van der Waals surface area contributed by atoms with Crippen LogP contribution in [0, 0.1) is 0 Å². The zero-order valence-electron chi connectivity index (χ0n) is 12.3. The molecule has 1 aliphatic heterocycles. The van der Waals surface area contributed by atoms with Gasteiger partial charge in [0.25, 0.3) is 0 Å². The number of carboxylic acid groups (broad SMARTS) is 1. The highest BCUT2D eigenvalue weighted by Gasteiger charge is 2.27. The van der Waals surface area contributed by atoms with Crippen molar-refractivity contribution in [1.82, 2.24) is 4.90 Å². The molecule has 0 aromatic heterocycles. The fourth-order valence-corrected chi connectivity index (χ4v) is 2.63. The maximum atomic E-state index is 11.1. The average molecular weight is 279 g/mol. The van der Waals surface area contributed by atoms with E-state index in [1.807, 2.05) is 38.1 Å². The Balaban J connectivity index is 2.43. The van der Waals surface area contributed by atoms with Gasteiger partial charge in [-0.2, -0.15) is 0 Å². The standard InChI is InChI=1S/C15H21NO4/c1-9-5-10-6-14(19-4)11(7-13(10)20-9)12(16(2)3)8-15(17)18/h6-7,9,12H,5,8H2,1-4H3,(H,17,18). The van der Waals surface area contributed by atoms with Gasteiger partial charge in [0.15, 0.2) is 0 Å². The summed E-state index contributed by atoms with van der Waals surface area (Å²) in [6.45, 7) is 2.02. The summed E-state index contributed by atoms with van der Waals surface area (Å²) in [7, 11) is 5.34. The van der Waals surface area contributed by atoms with Gasteiger partial charge in [-0.1, -0.05) is 0 Å². The van der Waals surface area contributed by atoms with Gasteiger partial charge in [0.05, 0.1) is 13.5 Å². The van der Waals surface area contributed by atoms with E-state index in [1.165, 1.54) is 0 Å². The van der Waals surface area contributed by atoms with E-state index >= 15 is 0 Å². The van der Waals surface area contributed by atoms with E-state index in [-0.39, 0.29) is 18.6 Å². The topological polar surface area (TPSA) is 59.0 Å². The fraction of sp³-hybridized carbons (Fsp3) is 0.533. The lowest BCUT2D eigenvalue weighted by Gasteiger charge is -2.25. The van der Waals surface area contributed by atoms with E-state index in [9.17, 15) is 4.79 Å². The number of fused-ring (bicyclic) bond motifs is 1. The van der Waals surface area contributed by atoms with E-state index in [1.54, 1.807) is 7.11 Å². The van der Waals surface area contributed by atoms with Crippen LogP contribution < -0.4 is 9.47 Å². The number of carboxylic acids is 1. The van der Waals surface area contributed by atoms with Gasteiger partial charge >= 0.3 is 5.97 Å². The highest BCUT2D eigenvalue weighted by Crippen LogP contribution is 2.39. The maximum Gasteiger partial charge on any atom is 0.305 e. The maximum absolute atomic E-state index is 11.1. The van der Waals surface area contributed by atoms with Crippen molar-refractivity contribution in [3.8, 4) is 11.5 Å². The summed E-state index contributed by atoms with van der Waals surface area (Å²) in [5.74, 6) is 0.729. The van der Waals surface area contributed by atoms with Gasteiger partial charge in [-0.15, -0.1) is 0 Å². The Morgan fingerprint density at radius 3 is 2.80 bits per heavy atom. The molecule has 1 heterocycles. The minimum Gasteiger partial charge on any atom is -0.496 e. The SMILES string of the molecule is COc1cc2c(cc1C(CC(=O)O)N(C)C)OC(C)C2. The van der Waals surface area contributed by atoms with Gasteiger partial charge in [-0.25, -0.2) is 0 Å². The molecule has 5 nitrogen and oxygen atoms in total. The largest absolute Gasteiger partial charge is 0.496 e. The molecule has 20 heavy (non-hydrogen) atoms. The first-order valence-electron chi connectivity index (χ1n) is 6.68. The molecule has 110 valence electrons. The number of benzene rings is 1. The Kier molecular flexibility index (Phi) is 4.18. The molecular formula is C15H21NO4. The zero-order valence-corrected chi connectivity index (χ0v) is 12.3. The van der Waals surface area contributed by atoms with Crippen LogP contribution in [-0.4, -0.2) is 43.3 Å². The Morgan fingerprint density at radius 2 is 2.25 bits per heavy atom. The van der Waals surface area contributed by atoms with Crippen LogP contribution in [0.5, 0.6) is 11.5 Å². The molecule has 0 amide bonds. The first-order chi connectivity index (χ1) is 9.42. The second kappa shape index (κ2) is 5.71. The molecule has 5 heteroatoms. The molecule has 0 bridgehead atoms. The fourth-order valence-electron chi connectivity index (χ4n) is 2.63. The monoisotopic (exact) mass is 279 g/mol. The van der Waals surface area contributed by atoms with Crippen LogP contribution in [0.2, 0.25) is 0 Å². The lowest BCUT2D eigenvalue weighted by Crippen LogP contribution is -2.23. The molecule has 1 aliphatic rings. The van der Waals surface area contributed by atoms with E-state index in [4.69, 9.17) is 14.6 Å². The van der Waals surface area contributed by atoms with Crippen LogP contribution in [0.25, 0.3) is 0 Å². The number of hydrogen-bond donors (Lipinski definition) is 1. The third-order valence-corrected chi connectivity index (χ3v) is 3.60. The summed E-state index contributed by atoms with van der Waals surface area (Å²) in [6, 6.07) is 3.64. The predicted molar refractivity (Wildman–Crippen MR) is 75.5 cm³/mol. The number of rotatable bonds is 5. The molecule has 1 aromatic rings. The summed E-state index contributed by atoms with van der Waals surface area (Å²) in [5.41, 5.74) is 1.97. The quantitative estimate of drug-likeness (QED) is 0.894. The van der Waals surface area contributed by atoms with E-state index < -0.39 is 5.97 Å².